The van der Waals surface area contributed by atoms with E-state index in [-0.39, 0.29) is 36.4 Å². The Bertz CT molecular complexity index is 567. The number of hydrogen-bond acceptors (Lipinski definition) is 3. The highest BCUT2D eigenvalue weighted by atomic mass is 35.5. The number of pyridine rings is 1. The second kappa shape index (κ2) is 8.83. The van der Waals surface area contributed by atoms with Gasteiger partial charge in [0.15, 0.2) is 17.3 Å². The normalized spacial score (nSPS) is 15.1. The largest absolute Gasteiger partial charge is 1.00 e. The smallest absolute Gasteiger partial charge is 0.184 e. The van der Waals surface area contributed by atoms with Gasteiger partial charge >= 0.3 is 0 Å². The number of allylic oxidation sites excluding steroid dienone is 2. The van der Waals surface area contributed by atoms with E-state index < -0.39 is 0 Å². The van der Waals surface area contributed by atoms with E-state index in [2.05, 4.69) is 4.98 Å². The van der Waals surface area contributed by atoms with Crippen LogP contribution < -0.4 is 12.4 Å². The summed E-state index contributed by atoms with van der Waals surface area (Å²) < 4.78 is 0.332. The van der Waals surface area contributed by atoms with Gasteiger partial charge in [-0.3, -0.25) is 19.1 Å². The van der Waals surface area contributed by atoms with Gasteiger partial charge < -0.3 is 12.4 Å². The average molecular weight is 343 g/mol. The predicted octanol–water partition coefficient (Wildman–Crippen LogP) is -0.587. The Labute approximate surface area is 143 Å². The molecule has 22 heavy (non-hydrogen) atoms. The number of rotatable bonds is 5. The number of nitrogens with zero attached hydrogens (tertiary/aromatic N) is 2. The van der Waals surface area contributed by atoms with E-state index in [0.29, 0.717) is 24.1 Å². The van der Waals surface area contributed by atoms with E-state index in [1.165, 1.54) is 0 Å². The first kappa shape index (κ1) is 20.5. The zero-order valence-electron chi connectivity index (χ0n) is 12.7. The van der Waals surface area contributed by atoms with Gasteiger partial charge in [0.2, 0.25) is 0 Å². The highest BCUT2D eigenvalue weighted by molar-refractivity contribution is 5.85. The first-order valence-corrected chi connectivity index (χ1v) is 6.67. The number of ketones is 2. The van der Waals surface area contributed by atoms with E-state index in [9.17, 15) is 9.59 Å². The Morgan fingerprint density at radius 3 is 2.32 bits per heavy atom. The van der Waals surface area contributed by atoms with Crippen molar-refractivity contribution in [2.24, 2.45) is 0 Å². The third kappa shape index (κ3) is 4.77. The first-order valence-electron chi connectivity index (χ1n) is 6.67. The Balaban J connectivity index is 0.00000220. The summed E-state index contributed by atoms with van der Waals surface area (Å²) in [5.74, 6) is 0.145. The standard InChI is InChI=1S/C16H19N2O2.2ClH/c1-13(19)11-18(12-14(2)20)10-6-4-8-16(18)15-7-3-5-9-17-15;;/h3-9H,10-12H2,1-2H3;2*1H/q+1;;/p-1. The number of halogens is 2. The van der Waals surface area contributed by atoms with E-state index in [4.69, 9.17) is 0 Å². The van der Waals surface area contributed by atoms with Gasteiger partial charge in [0.25, 0.3) is 0 Å². The summed E-state index contributed by atoms with van der Waals surface area (Å²) in [6.07, 6.45) is 7.64. The van der Waals surface area contributed by atoms with Crippen LogP contribution in [0.4, 0.5) is 0 Å². The summed E-state index contributed by atoms with van der Waals surface area (Å²) in [4.78, 5) is 27.7. The fourth-order valence-corrected chi connectivity index (χ4v) is 2.73. The Morgan fingerprint density at radius 1 is 1.18 bits per heavy atom. The van der Waals surface area contributed by atoms with Crippen LogP contribution >= 0.6 is 12.4 Å². The molecule has 2 rings (SSSR count). The number of Topliss-reactive ketones (excluding diaryl/α,β-unsaturated/α-hetero) is 2. The molecule has 1 aromatic rings. The molecule has 1 aromatic heterocycles. The van der Waals surface area contributed by atoms with Crippen molar-refractivity contribution in [1.29, 1.82) is 0 Å². The summed E-state index contributed by atoms with van der Waals surface area (Å²) in [7, 11) is 0. The van der Waals surface area contributed by atoms with Crippen molar-refractivity contribution in [2.45, 2.75) is 13.8 Å². The van der Waals surface area contributed by atoms with Crippen LogP contribution in [0.2, 0.25) is 0 Å². The van der Waals surface area contributed by atoms with Gasteiger partial charge in [-0.05, 0) is 18.2 Å². The number of hydrogen-bond donors (Lipinski definition) is 0. The monoisotopic (exact) mass is 342 g/mol. The highest BCUT2D eigenvalue weighted by Gasteiger charge is 2.37. The quantitative estimate of drug-likeness (QED) is 0.672. The van der Waals surface area contributed by atoms with Crippen LogP contribution in [0.5, 0.6) is 0 Å². The molecule has 0 N–H and O–H groups in total. The average Bonchev–Trinajstić information content (AvgIpc) is 2.38. The van der Waals surface area contributed by atoms with Gasteiger partial charge in [-0.1, -0.05) is 12.1 Å². The van der Waals surface area contributed by atoms with Crippen molar-refractivity contribution in [3.05, 3.63) is 48.3 Å². The maximum Gasteiger partial charge on any atom is 0.184 e. The molecule has 4 nitrogen and oxygen atoms in total. The minimum absolute atomic E-state index is 0. The van der Waals surface area contributed by atoms with Crippen LogP contribution in [0.1, 0.15) is 19.5 Å². The summed E-state index contributed by atoms with van der Waals surface area (Å²) >= 11 is 0. The van der Waals surface area contributed by atoms with E-state index in [1.54, 1.807) is 20.0 Å². The van der Waals surface area contributed by atoms with Crippen molar-refractivity contribution in [3.8, 4) is 0 Å². The second-order valence-electron chi connectivity index (χ2n) is 5.24. The zero-order valence-corrected chi connectivity index (χ0v) is 14.2. The molecule has 0 spiro atoms. The molecule has 0 bridgehead atoms. The summed E-state index contributed by atoms with van der Waals surface area (Å²) in [5.41, 5.74) is 1.75. The van der Waals surface area contributed by atoms with Crippen LogP contribution in [-0.2, 0) is 9.59 Å². The lowest BCUT2D eigenvalue weighted by atomic mass is 10.1. The molecule has 0 unspecified atom stereocenters. The van der Waals surface area contributed by atoms with Gasteiger partial charge in [0.1, 0.15) is 25.3 Å². The van der Waals surface area contributed by atoms with E-state index >= 15 is 0 Å². The summed E-state index contributed by atoms with van der Waals surface area (Å²) in [6, 6.07) is 5.68. The molecule has 0 atom stereocenters. The molecule has 0 saturated heterocycles. The lowest BCUT2D eigenvalue weighted by Gasteiger charge is -2.38. The lowest BCUT2D eigenvalue weighted by molar-refractivity contribution is -0.838. The van der Waals surface area contributed by atoms with Crippen LogP contribution in [-0.4, -0.2) is 40.7 Å². The fourth-order valence-electron chi connectivity index (χ4n) is 2.73. The van der Waals surface area contributed by atoms with Crippen LogP contribution in [0, 0.1) is 0 Å². The molecule has 1 aliphatic rings. The zero-order chi connectivity index (χ0) is 14.6. The minimum Gasteiger partial charge on any atom is -1.00 e. The molecular formula is C16H20Cl2N2O2. The first-order chi connectivity index (χ1) is 9.53. The second-order valence-corrected chi connectivity index (χ2v) is 5.24. The Hall–Kier alpha value is -1.49. The lowest BCUT2D eigenvalue weighted by Crippen LogP contribution is -3.00. The van der Waals surface area contributed by atoms with Crippen LogP contribution in [0.25, 0.3) is 5.70 Å². The van der Waals surface area contributed by atoms with E-state index in [0.717, 1.165) is 11.4 Å². The number of quaternary nitrogens is 1. The molecule has 2 heterocycles. The van der Waals surface area contributed by atoms with Gasteiger partial charge in [-0.15, -0.1) is 12.4 Å². The summed E-state index contributed by atoms with van der Waals surface area (Å²) in [6.45, 7) is 4.39. The Kier molecular flexibility index (Phi) is 8.23. The topological polar surface area (TPSA) is 47.0 Å². The molecule has 120 valence electrons. The molecule has 0 saturated carbocycles. The molecule has 0 fully saturated rings. The number of carbonyl (C=O) groups is 2. The van der Waals surface area contributed by atoms with Gasteiger partial charge in [0, 0.05) is 26.1 Å². The summed E-state index contributed by atoms with van der Waals surface area (Å²) in [5, 5.41) is 0. The molecule has 0 amide bonds. The van der Waals surface area contributed by atoms with Crippen molar-refractivity contribution in [3.63, 3.8) is 0 Å². The minimum atomic E-state index is 0. The molecule has 0 aliphatic carbocycles. The Morgan fingerprint density at radius 2 is 1.82 bits per heavy atom. The molecule has 0 aromatic carbocycles. The van der Waals surface area contributed by atoms with Gasteiger partial charge in [-0.25, -0.2) is 0 Å². The third-order valence-corrected chi connectivity index (χ3v) is 3.33. The predicted molar refractivity (Wildman–Crippen MR) is 84.8 cm³/mol. The molecule has 1 aliphatic heterocycles. The fraction of sp³-hybridized carbons (Fsp3) is 0.312. The van der Waals surface area contributed by atoms with Gasteiger partial charge in [0.05, 0.1) is 0 Å². The van der Waals surface area contributed by atoms with Crippen molar-refractivity contribution >= 4 is 29.7 Å². The molecular weight excluding hydrogens is 323 g/mol. The molecule has 6 heteroatoms. The maximum atomic E-state index is 11.7. The SMILES string of the molecule is CC(=O)C[N+]1(CC(C)=O)CC=CC=C1c1ccccn1.Cl.[Cl-]. The number of aromatic nitrogens is 1. The van der Waals surface area contributed by atoms with Crippen molar-refractivity contribution < 1.29 is 26.5 Å². The van der Waals surface area contributed by atoms with Crippen molar-refractivity contribution in [2.75, 3.05) is 19.6 Å². The number of carbonyl (C=O) groups excluding carboxylic acids is 2. The van der Waals surface area contributed by atoms with Gasteiger partial charge in [-0.2, -0.15) is 0 Å². The van der Waals surface area contributed by atoms with Crippen molar-refractivity contribution in [1.82, 2.24) is 4.98 Å². The maximum absolute atomic E-state index is 11.7. The molecule has 0 radical (unpaired) electrons. The van der Waals surface area contributed by atoms with Crippen LogP contribution in [0.15, 0.2) is 42.6 Å². The third-order valence-electron chi connectivity index (χ3n) is 3.33. The highest BCUT2D eigenvalue weighted by Crippen LogP contribution is 2.29. The van der Waals surface area contributed by atoms with E-state index in [1.807, 2.05) is 36.4 Å². The van der Waals surface area contributed by atoms with Crippen LogP contribution in [0.3, 0.4) is 0 Å².